The topological polar surface area (TPSA) is 3.24 Å². The lowest BCUT2D eigenvalue weighted by molar-refractivity contribution is 0.590. The quantitative estimate of drug-likeness (QED) is 0.364. The van der Waals surface area contributed by atoms with E-state index in [0.717, 1.165) is 0 Å². The molecule has 0 radical (unpaired) electrons. The minimum Gasteiger partial charge on any atom is -0.310 e. The average Bonchev–Trinajstić information content (AvgIpc) is 3.29. The summed E-state index contributed by atoms with van der Waals surface area (Å²) >= 11 is 0. The van der Waals surface area contributed by atoms with Crippen LogP contribution in [0, 0.1) is 0 Å². The molecule has 0 aliphatic carbocycles. The van der Waals surface area contributed by atoms with E-state index in [-0.39, 0.29) is 10.8 Å². The molecule has 0 spiro atoms. The largest absolute Gasteiger partial charge is 0.310 e. The third-order valence-corrected chi connectivity index (χ3v) is 8.94. The van der Waals surface area contributed by atoms with Crippen LogP contribution in [0.4, 0.5) is 17.1 Å². The van der Waals surface area contributed by atoms with E-state index < -0.39 is 0 Å². The summed E-state index contributed by atoms with van der Waals surface area (Å²) in [6.45, 7) is 13.6. The van der Waals surface area contributed by atoms with Crippen molar-refractivity contribution in [3.63, 3.8) is 0 Å². The molecule has 3 aromatic carbocycles. The molecule has 0 aromatic heterocycles. The predicted molar refractivity (Wildman–Crippen MR) is 143 cm³/mol. The highest BCUT2D eigenvalue weighted by Gasteiger charge is 2.27. The van der Waals surface area contributed by atoms with Crippen LogP contribution in [0.1, 0.15) is 65.5 Å². The highest BCUT2D eigenvalue weighted by molar-refractivity contribution is 7.97. The van der Waals surface area contributed by atoms with Crippen LogP contribution < -0.4 is 4.90 Å². The van der Waals surface area contributed by atoms with Crippen LogP contribution in [0.3, 0.4) is 0 Å². The van der Waals surface area contributed by atoms with E-state index in [1.54, 1.807) is 0 Å². The average molecular weight is 445 g/mol. The van der Waals surface area contributed by atoms with Gasteiger partial charge in [-0.2, -0.15) is 0 Å². The van der Waals surface area contributed by atoms with Crippen LogP contribution in [0.2, 0.25) is 0 Å². The van der Waals surface area contributed by atoms with Gasteiger partial charge in [0, 0.05) is 28.0 Å². The van der Waals surface area contributed by atoms with Crippen molar-refractivity contribution in [2.45, 2.75) is 70.1 Å². The number of rotatable bonds is 4. The molecule has 168 valence electrons. The van der Waals surface area contributed by atoms with Gasteiger partial charge in [-0.3, -0.25) is 0 Å². The van der Waals surface area contributed by atoms with Crippen LogP contribution in [-0.2, 0) is 21.7 Å². The maximum Gasteiger partial charge on any atom is 0.155 e. The Morgan fingerprint density at radius 2 is 0.875 bits per heavy atom. The molecule has 1 nitrogen and oxygen atoms in total. The summed E-state index contributed by atoms with van der Waals surface area (Å²) in [4.78, 5) is 3.91. The lowest BCUT2D eigenvalue weighted by atomic mass is 9.86. The first-order valence-corrected chi connectivity index (χ1v) is 13.5. The lowest BCUT2D eigenvalue weighted by Crippen LogP contribution is -2.14. The number of nitrogens with zero attached hydrogens (tertiary/aromatic N) is 1. The van der Waals surface area contributed by atoms with Gasteiger partial charge in [-0.15, -0.1) is 0 Å². The van der Waals surface area contributed by atoms with Crippen molar-refractivity contribution >= 4 is 28.0 Å². The lowest BCUT2D eigenvalue weighted by Gasteiger charge is -2.28. The van der Waals surface area contributed by atoms with Crippen molar-refractivity contribution in [1.29, 1.82) is 0 Å². The van der Waals surface area contributed by atoms with Gasteiger partial charge in [0.05, 0.1) is 0 Å². The second kappa shape index (κ2) is 8.98. The molecule has 0 saturated carbocycles. The number of hydrogen-bond donors (Lipinski definition) is 0. The zero-order chi connectivity index (χ0) is 22.9. The fraction of sp³-hybridized carbons (Fsp3) is 0.400. The van der Waals surface area contributed by atoms with Gasteiger partial charge in [-0.25, -0.2) is 0 Å². The number of benzene rings is 3. The van der Waals surface area contributed by atoms with Gasteiger partial charge in [0.25, 0.3) is 0 Å². The maximum atomic E-state index is 2.39. The smallest absolute Gasteiger partial charge is 0.155 e. The van der Waals surface area contributed by atoms with Crippen LogP contribution in [0.15, 0.2) is 77.7 Å². The van der Waals surface area contributed by atoms with E-state index in [2.05, 4.69) is 119 Å². The Morgan fingerprint density at radius 3 is 1.22 bits per heavy atom. The Labute approximate surface area is 198 Å². The Hall–Kier alpha value is -2.19. The Kier molecular flexibility index (Phi) is 6.45. The van der Waals surface area contributed by atoms with Crippen molar-refractivity contribution in [3.8, 4) is 0 Å². The third kappa shape index (κ3) is 5.07. The molecule has 1 aliphatic rings. The molecule has 0 unspecified atom stereocenters. The molecule has 1 fully saturated rings. The van der Waals surface area contributed by atoms with Crippen LogP contribution >= 0.6 is 0 Å². The molecule has 0 amide bonds. The van der Waals surface area contributed by atoms with E-state index in [0.29, 0.717) is 10.9 Å². The van der Waals surface area contributed by atoms with Gasteiger partial charge >= 0.3 is 0 Å². The molecule has 2 heteroatoms. The summed E-state index contributed by atoms with van der Waals surface area (Å²) < 4.78 is 0. The van der Waals surface area contributed by atoms with Gasteiger partial charge in [0.15, 0.2) is 4.90 Å². The van der Waals surface area contributed by atoms with E-state index >= 15 is 0 Å². The van der Waals surface area contributed by atoms with Gasteiger partial charge in [-0.05, 0) is 83.3 Å². The molecule has 0 N–H and O–H groups in total. The first kappa shape index (κ1) is 23.0. The molecule has 3 aromatic rings. The van der Waals surface area contributed by atoms with E-state index in [1.165, 1.54) is 57.4 Å². The zero-order valence-electron chi connectivity index (χ0n) is 20.6. The summed E-state index contributed by atoms with van der Waals surface area (Å²) in [7, 11) is 0.454. The standard InChI is InChI=1S/C30H38NS/c1-29(2,3)23-9-13-25(14-10-23)31(26-15-11-24(12-16-26)30(4,5)6)27-17-19-28(20-18-27)32-21-7-8-22-32/h9-20H,7-8,21-22H2,1-6H3/q+1. The number of hydrogen-bond acceptors (Lipinski definition) is 1. The highest BCUT2D eigenvalue weighted by atomic mass is 32.2. The van der Waals surface area contributed by atoms with Crippen LogP contribution in [-0.4, -0.2) is 11.5 Å². The molecular weight excluding hydrogens is 406 g/mol. The zero-order valence-corrected chi connectivity index (χ0v) is 21.4. The Morgan fingerprint density at radius 1 is 0.531 bits per heavy atom. The molecule has 1 aliphatic heterocycles. The van der Waals surface area contributed by atoms with E-state index in [4.69, 9.17) is 0 Å². The normalized spacial score (nSPS) is 15.2. The molecule has 1 saturated heterocycles. The summed E-state index contributed by atoms with van der Waals surface area (Å²) in [5.41, 5.74) is 6.67. The summed E-state index contributed by atoms with van der Waals surface area (Å²) in [6, 6.07) is 27.5. The third-order valence-electron chi connectivity index (χ3n) is 6.44. The van der Waals surface area contributed by atoms with Crippen molar-refractivity contribution in [2.75, 3.05) is 16.4 Å². The fourth-order valence-corrected chi connectivity index (χ4v) is 6.65. The first-order valence-electron chi connectivity index (χ1n) is 11.9. The summed E-state index contributed by atoms with van der Waals surface area (Å²) in [5, 5.41) is 0. The maximum absolute atomic E-state index is 2.39. The van der Waals surface area contributed by atoms with Gasteiger partial charge in [0.2, 0.25) is 0 Å². The van der Waals surface area contributed by atoms with E-state index in [9.17, 15) is 0 Å². The first-order chi connectivity index (χ1) is 15.1. The highest BCUT2D eigenvalue weighted by Crippen LogP contribution is 2.37. The molecular formula is C30H38NS+. The SMILES string of the molecule is CC(C)(C)c1ccc(N(c2ccc([S+]3CCCC3)cc2)c2ccc(C(C)(C)C)cc2)cc1. The minimum atomic E-state index is 0.154. The Balaban J connectivity index is 1.72. The Bertz CT molecular complexity index is 955. The fourth-order valence-electron chi connectivity index (χ4n) is 4.35. The van der Waals surface area contributed by atoms with Gasteiger partial charge in [0.1, 0.15) is 11.5 Å². The molecule has 0 bridgehead atoms. The minimum absolute atomic E-state index is 0.154. The monoisotopic (exact) mass is 444 g/mol. The summed E-state index contributed by atoms with van der Waals surface area (Å²) in [6.07, 6.45) is 2.77. The van der Waals surface area contributed by atoms with Crippen molar-refractivity contribution in [1.82, 2.24) is 0 Å². The van der Waals surface area contributed by atoms with Crippen molar-refractivity contribution in [2.24, 2.45) is 0 Å². The second-order valence-corrected chi connectivity index (χ2v) is 13.3. The molecule has 32 heavy (non-hydrogen) atoms. The molecule has 4 rings (SSSR count). The van der Waals surface area contributed by atoms with Crippen LogP contribution in [0.25, 0.3) is 0 Å². The van der Waals surface area contributed by atoms with Crippen LogP contribution in [0.5, 0.6) is 0 Å². The summed E-state index contributed by atoms with van der Waals surface area (Å²) in [5.74, 6) is 2.73. The van der Waals surface area contributed by atoms with Gasteiger partial charge < -0.3 is 4.90 Å². The van der Waals surface area contributed by atoms with Gasteiger partial charge in [-0.1, -0.05) is 65.8 Å². The van der Waals surface area contributed by atoms with Crippen molar-refractivity contribution < 1.29 is 0 Å². The predicted octanol–water partition coefficient (Wildman–Crippen LogP) is 8.52. The number of anilines is 3. The molecule has 1 heterocycles. The van der Waals surface area contributed by atoms with Crippen molar-refractivity contribution in [3.05, 3.63) is 83.9 Å². The van der Waals surface area contributed by atoms with E-state index in [1.807, 2.05) is 0 Å². The molecule has 0 atom stereocenters. The second-order valence-electron chi connectivity index (χ2n) is 11.0.